The SMILES string of the molecule is CNCc1ncc(-c2ccsn2)s1. The normalized spacial score (nSPS) is 10.5. The van der Waals surface area contributed by atoms with Crippen LogP contribution in [0.25, 0.3) is 10.6 Å². The fraction of sp³-hybridized carbons (Fsp3) is 0.250. The third-order valence-electron chi connectivity index (χ3n) is 1.57. The lowest BCUT2D eigenvalue weighted by Gasteiger charge is -1.89. The van der Waals surface area contributed by atoms with Gasteiger partial charge in [0.15, 0.2) is 0 Å². The van der Waals surface area contributed by atoms with Crippen LogP contribution in [-0.2, 0) is 6.54 Å². The molecule has 0 aliphatic carbocycles. The van der Waals surface area contributed by atoms with Gasteiger partial charge in [0, 0.05) is 18.1 Å². The molecule has 0 saturated carbocycles. The summed E-state index contributed by atoms with van der Waals surface area (Å²) in [6.07, 6.45) is 1.88. The monoisotopic (exact) mass is 211 g/mol. The minimum atomic E-state index is 0.828. The highest BCUT2D eigenvalue weighted by Crippen LogP contribution is 2.25. The first kappa shape index (κ1) is 8.80. The summed E-state index contributed by atoms with van der Waals surface area (Å²) in [4.78, 5) is 5.43. The predicted molar refractivity (Wildman–Crippen MR) is 56.0 cm³/mol. The van der Waals surface area contributed by atoms with Crippen LogP contribution >= 0.6 is 22.9 Å². The third kappa shape index (κ3) is 1.93. The standard InChI is InChI=1S/C8H9N3S2/c1-9-5-8-10-4-7(13-8)6-2-3-12-11-6/h2-4,9H,5H2,1H3. The lowest BCUT2D eigenvalue weighted by atomic mass is 10.4. The Hall–Kier alpha value is -0.780. The molecule has 2 aromatic rings. The molecular weight excluding hydrogens is 202 g/mol. The van der Waals surface area contributed by atoms with E-state index in [-0.39, 0.29) is 0 Å². The molecule has 1 N–H and O–H groups in total. The number of hydrogen-bond donors (Lipinski definition) is 1. The van der Waals surface area contributed by atoms with Crippen LogP contribution in [0.4, 0.5) is 0 Å². The Morgan fingerprint density at radius 2 is 2.46 bits per heavy atom. The van der Waals surface area contributed by atoms with Gasteiger partial charge in [-0.15, -0.1) is 11.3 Å². The van der Waals surface area contributed by atoms with Crippen molar-refractivity contribution in [1.82, 2.24) is 14.7 Å². The van der Waals surface area contributed by atoms with Crippen LogP contribution in [0.15, 0.2) is 17.6 Å². The highest BCUT2D eigenvalue weighted by Gasteiger charge is 2.04. The summed E-state index contributed by atoms with van der Waals surface area (Å²) >= 11 is 3.16. The second kappa shape index (κ2) is 3.95. The number of thiazole rings is 1. The Bertz CT molecular complexity index is 366. The van der Waals surface area contributed by atoms with Gasteiger partial charge in [0.25, 0.3) is 0 Å². The molecule has 0 saturated heterocycles. The quantitative estimate of drug-likeness (QED) is 0.843. The maximum atomic E-state index is 4.28. The van der Waals surface area contributed by atoms with Crippen LogP contribution in [0.2, 0.25) is 0 Å². The molecule has 2 rings (SSSR count). The van der Waals surface area contributed by atoms with Crippen LogP contribution in [0.1, 0.15) is 5.01 Å². The van der Waals surface area contributed by atoms with Crippen molar-refractivity contribution in [2.75, 3.05) is 7.05 Å². The van der Waals surface area contributed by atoms with Crippen molar-refractivity contribution in [3.63, 3.8) is 0 Å². The predicted octanol–water partition coefficient (Wildman–Crippen LogP) is 1.99. The zero-order valence-electron chi connectivity index (χ0n) is 7.15. The molecule has 68 valence electrons. The summed E-state index contributed by atoms with van der Waals surface area (Å²) in [5, 5.41) is 6.15. The molecule has 3 nitrogen and oxygen atoms in total. The van der Waals surface area contributed by atoms with Crippen LogP contribution in [0, 0.1) is 0 Å². The summed E-state index contributed by atoms with van der Waals surface area (Å²) in [7, 11) is 1.92. The molecular formula is C8H9N3S2. The van der Waals surface area contributed by atoms with Crippen LogP contribution in [0.5, 0.6) is 0 Å². The van der Waals surface area contributed by atoms with E-state index in [4.69, 9.17) is 0 Å². The van der Waals surface area contributed by atoms with E-state index in [2.05, 4.69) is 14.7 Å². The van der Waals surface area contributed by atoms with E-state index in [1.807, 2.05) is 24.7 Å². The minimum absolute atomic E-state index is 0.828. The molecule has 0 amide bonds. The summed E-state index contributed by atoms with van der Waals surface area (Å²) < 4.78 is 4.25. The van der Waals surface area contributed by atoms with E-state index in [9.17, 15) is 0 Å². The Balaban J connectivity index is 2.23. The molecule has 13 heavy (non-hydrogen) atoms. The van der Waals surface area contributed by atoms with Gasteiger partial charge < -0.3 is 5.32 Å². The van der Waals surface area contributed by atoms with Gasteiger partial charge in [-0.05, 0) is 24.6 Å². The van der Waals surface area contributed by atoms with Gasteiger partial charge in [0.05, 0.1) is 10.6 Å². The van der Waals surface area contributed by atoms with Gasteiger partial charge >= 0.3 is 0 Å². The molecule has 0 atom stereocenters. The Morgan fingerprint density at radius 1 is 1.54 bits per heavy atom. The molecule has 5 heteroatoms. The largest absolute Gasteiger partial charge is 0.314 e. The van der Waals surface area contributed by atoms with E-state index in [0.717, 1.165) is 22.1 Å². The van der Waals surface area contributed by atoms with Crippen LogP contribution in [-0.4, -0.2) is 16.4 Å². The molecule has 0 radical (unpaired) electrons. The van der Waals surface area contributed by atoms with Crippen molar-refractivity contribution < 1.29 is 0 Å². The van der Waals surface area contributed by atoms with Gasteiger partial charge in [-0.2, -0.15) is 4.37 Å². The first-order valence-corrected chi connectivity index (χ1v) is 5.55. The molecule has 0 aliphatic rings. The Kier molecular flexibility index (Phi) is 2.68. The molecule has 0 aromatic carbocycles. The Labute approximate surface area is 84.6 Å². The lowest BCUT2D eigenvalue weighted by Crippen LogP contribution is -2.03. The molecule has 0 fully saturated rings. The average Bonchev–Trinajstić information content (AvgIpc) is 2.70. The zero-order chi connectivity index (χ0) is 9.10. The molecule has 2 aromatic heterocycles. The summed E-state index contributed by atoms with van der Waals surface area (Å²) in [5.41, 5.74) is 1.03. The van der Waals surface area contributed by atoms with E-state index in [0.29, 0.717) is 0 Å². The van der Waals surface area contributed by atoms with Crippen molar-refractivity contribution in [2.24, 2.45) is 0 Å². The smallest absolute Gasteiger partial charge is 0.107 e. The van der Waals surface area contributed by atoms with Gasteiger partial charge in [0.2, 0.25) is 0 Å². The minimum Gasteiger partial charge on any atom is -0.314 e. The fourth-order valence-electron chi connectivity index (χ4n) is 1.00. The highest BCUT2D eigenvalue weighted by molar-refractivity contribution is 7.15. The fourth-order valence-corrected chi connectivity index (χ4v) is 2.48. The summed E-state index contributed by atoms with van der Waals surface area (Å²) in [5.74, 6) is 0. The number of nitrogens with zero attached hydrogens (tertiary/aromatic N) is 2. The first-order valence-electron chi connectivity index (χ1n) is 3.90. The molecule has 0 aliphatic heterocycles. The lowest BCUT2D eigenvalue weighted by molar-refractivity contribution is 0.810. The number of rotatable bonds is 3. The number of aromatic nitrogens is 2. The van der Waals surface area contributed by atoms with E-state index >= 15 is 0 Å². The number of nitrogens with one attached hydrogen (secondary N) is 1. The van der Waals surface area contributed by atoms with Gasteiger partial charge in [0.1, 0.15) is 5.01 Å². The van der Waals surface area contributed by atoms with Crippen LogP contribution < -0.4 is 5.32 Å². The molecule has 0 spiro atoms. The van der Waals surface area contributed by atoms with Gasteiger partial charge in [-0.1, -0.05) is 0 Å². The average molecular weight is 211 g/mol. The third-order valence-corrected chi connectivity index (χ3v) is 3.15. The summed E-state index contributed by atoms with van der Waals surface area (Å²) in [6.45, 7) is 0.828. The highest BCUT2D eigenvalue weighted by atomic mass is 32.1. The van der Waals surface area contributed by atoms with E-state index < -0.39 is 0 Å². The zero-order valence-corrected chi connectivity index (χ0v) is 8.78. The van der Waals surface area contributed by atoms with Crippen molar-refractivity contribution in [3.05, 3.63) is 22.7 Å². The van der Waals surface area contributed by atoms with Crippen LogP contribution in [0.3, 0.4) is 0 Å². The molecule has 0 bridgehead atoms. The van der Waals surface area contributed by atoms with E-state index in [1.165, 1.54) is 11.5 Å². The first-order chi connectivity index (χ1) is 6.40. The van der Waals surface area contributed by atoms with Gasteiger partial charge in [-0.3, -0.25) is 0 Å². The van der Waals surface area contributed by atoms with Crippen molar-refractivity contribution >= 4 is 22.9 Å². The summed E-state index contributed by atoms with van der Waals surface area (Å²) in [6, 6.07) is 2.02. The Morgan fingerprint density at radius 3 is 3.15 bits per heavy atom. The molecule has 0 unspecified atom stereocenters. The molecule has 2 heterocycles. The van der Waals surface area contributed by atoms with E-state index in [1.54, 1.807) is 11.3 Å². The second-order valence-electron chi connectivity index (χ2n) is 2.53. The van der Waals surface area contributed by atoms with Crippen molar-refractivity contribution in [1.29, 1.82) is 0 Å². The maximum absolute atomic E-state index is 4.28. The second-order valence-corrected chi connectivity index (χ2v) is 4.31. The van der Waals surface area contributed by atoms with Crippen molar-refractivity contribution in [2.45, 2.75) is 6.54 Å². The number of hydrogen-bond acceptors (Lipinski definition) is 5. The topological polar surface area (TPSA) is 37.8 Å². The van der Waals surface area contributed by atoms with Gasteiger partial charge in [-0.25, -0.2) is 4.98 Å². The van der Waals surface area contributed by atoms with Crippen molar-refractivity contribution in [3.8, 4) is 10.6 Å². The maximum Gasteiger partial charge on any atom is 0.107 e.